The van der Waals surface area contributed by atoms with Crippen molar-refractivity contribution in [1.82, 2.24) is 0 Å². The molecule has 4 nitrogen and oxygen atoms in total. The molecule has 0 radical (unpaired) electrons. The summed E-state index contributed by atoms with van der Waals surface area (Å²) in [5.74, 6) is 4.87. The van der Waals surface area contributed by atoms with E-state index >= 15 is 0 Å². The Hall–Kier alpha value is -1.50. The van der Waals surface area contributed by atoms with Gasteiger partial charge in [-0.3, -0.25) is 4.79 Å². The maximum absolute atomic E-state index is 11.0. The number of carbonyl (C=O) groups excluding carboxylic acids is 2. The summed E-state index contributed by atoms with van der Waals surface area (Å²) in [6, 6.07) is 0. The van der Waals surface area contributed by atoms with Crippen molar-refractivity contribution in [3.05, 3.63) is 0 Å². The number of carbonyl (C=O) groups is 2. The molecule has 4 heteroatoms. The Morgan fingerprint density at radius 3 is 2.13 bits per heavy atom. The molecule has 0 saturated carbocycles. The molecule has 15 heavy (non-hydrogen) atoms. The van der Waals surface area contributed by atoms with Crippen molar-refractivity contribution in [2.24, 2.45) is 5.41 Å². The summed E-state index contributed by atoms with van der Waals surface area (Å²) < 4.78 is 9.46. The average molecular weight is 212 g/mol. The van der Waals surface area contributed by atoms with Crippen LogP contribution in [0.25, 0.3) is 0 Å². The van der Waals surface area contributed by atoms with Gasteiger partial charge < -0.3 is 9.47 Å². The molecule has 84 valence electrons. The third kappa shape index (κ3) is 3.62. The zero-order chi connectivity index (χ0) is 12.1. The first-order valence-electron chi connectivity index (χ1n) is 4.50. The van der Waals surface area contributed by atoms with Crippen LogP contribution in [0, 0.1) is 17.3 Å². The van der Waals surface area contributed by atoms with E-state index in [0.29, 0.717) is 6.29 Å². The second-order valence-electron chi connectivity index (χ2n) is 4.23. The number of ether oxygens (including phenoxy) is 2. The lowest BCUT2D eigenvalue weighted by molar-refractivity contribution is -0.103. The summed E-state index contributed by atoms with van der Waals surface area (Å²) in [6.07, 6.45) is -0.349. The molecule has 0 aromatic heterocycles. The summed E-state index contributed by atoms with van der Waals surface area (Å²) in [6.45, 7) is 7.21. The van der Waals surface area contributed by atoms with Crippen molar-refractivity contribution in [3.63, 3.8) is 0 Å². The lowest BCUT2D eigenvalue weighted by Gasteiger charge is -2.35. The third-order valence-electron chi connectivity index (χ3n) is 2.25. The largest absolute Gasteiger partial charge is 0.509 e. The highest BCUT2D eigenvalue weighted by molar-refractivity contribution is 5.73. The van der Waals surface area contributed by atoms with Crippen LogP contribution in [0.4, 0.5) is 4.79 Å². The Labute approximate surface area is 89.9 Å². The monoisotopic (exact) mass is 212 g/mol. The molecular weight excluding hydrogens is 196 g/mol. The van der Waals surface area contributed by atoms with Gasteiger partial charge in [0.15, 0.2) is 11.9 Å². The predicted molar refractivity (Wildman–Crippen MR) is 55.2 cm³/mol. The van der Waals surface area contributed by atoms with Gasteiger partial charge in [-0.1, -0.05) is 20.8 Å². The molecule has 0 aromatic rings. The Kier molecular flexibility index (Phi) is 4.35. The van der Waals surface area contributed by atoms with Gasteiger partial charge >= 0.3 is 6.16 Å². The summed E-state index contributed by atoms with van der Waals surface area (Å²) in [4.78, 5) is 21.2. The Bertz CT molecular complexity index is 303. The normalized spacial score (nSPS) is 14.2. The van der Waals surface area contributed by atoms with Crippen LogP contribution in [-0.2, 0) is 14.3 Å². The van der Waals surface area contributed by atoms with Crippen LogP contribution in [0.2, 0.25) is 0 Å². The fourth-order valence-corrected chi connectivity index (χ4v) is 0.742. The smallest absolute Gasteiger partial charge is 0.438 e. The van der Waals surface area contributed by atoms with Crippen molar-refractivity contribution in [2.45, 2.75) is 33.3 Å². The summed E-state index contributed by atoms with van der Waals surface area (Å²) >= 11 is 0. The van der Waals surface area contributed by atoms with Gasteiger partial charge in [-0.25, -0.2) is 4.79 Å². The second-order valence-corrected chi connectivity index (χ2v) is 4.23. The highest BCUT2D eigenvalue weighted by atomic mass is 16.7. The van der Waals surface area contributed by atoms with E-state index in [1.54, 1.807) is 6.92 Å². The summed E-state index contributed by atoms with van der Waals surface area (Å²) in [5, 5.41) is 0. The van der Waals surface area contributed by atoms with Gasteiger partial charge in [0.25, 0.3) is 0 Å². The average Bonchev–Trinajstić information content (AvgIpc) is 2.12. The van der Waals surface area contributed by atoms with E-state index in [1.807, 2.05) is 20.8 Å². The first kappa shape index (κ1) is 13.5. The van der Waals surface area contributed by atoms with Gasteiger partial charge in [-0.15, -0.1) is 0 Å². The van der Waals surface area contributed by atoms with Crippen molar-refractivity contribution in [3.8, 4) is 11.8 Å². The fourth-order valence-electron chi connectivity index (χ4n) is 0.742. The number of hydrogen-bond acceptors (Lipinski definition) is 4. The summed E-state index contributed by atoms with van der Waals surface area (Å²) in [7, 11) is 1.22. The molecule has 0 fully saturated rings. The first-order valence-corrected chi connectivity index (χ1v) is 4.50. The molecule has 0 rings (SSSR count). The molecule has 0 saturated heterocycles. The highest BCUT2D eigenvalue weighted by Crippen LogP contribution is 2.33. The molecule has 0 aliphatic carbocycles. The van der Waals surface area contributed by atoms with Crippen LogP contribution in [0.5, 0.6) is 0 Å². The van der Waals surface area contributed by atoms with Gasteiger partial charge in [-0.2, -0.15) is 0 Å². The topological polar surface area (TPSA) is 52.6 Å². The zero-order valence-corrected chi connectivity index (χ0v) is 9.71. The number of methoxy groups -OCH3 is 1. The van der Waals surface area contributed by atoms with E-state index in [1.165, 1.54) is 7.11 Å². The van der Waals surface area contributed by atoms with Crippen molar-refractivity contribution in [2.75, 3.05) is 7.11 Å². The van der Waals surface area contributed by atoms with Crippen molar-refractivity contribution >= 4 is 12.4 Å². The summed E-state index contributed by atoms with van der Waals surface area (Å²) in [5.41, 5.74) is -1.47. The Morgan fingerprint density at radius 1 is 1.27 bits per heavy atom. The van der Waals surface area contributed by atoms with Gasteiger partial charge in [0.1, 0.15) is 0 Å². The minimum atomic E-state index is -1.05. The maximum atomic E-state index is 11.0. The van der Waals surface area contributed by atoms with Crippen LogP contribution in [0.15, 0.2) is 0 Å². The molecule has 1 atom stereocenters. The molecule has 0 amide bonds. The van der Waals surface area contributed by atoms with E-state index in [2.05, 4.69) is 16.6 Å². The SMILES string of the molecule is COC(=O)OC(C)(C#CC=O)C(C)(C)C. The zero-order valence-electron chi connectivity index (χ0n) is 9.71. The minimum Gasteiger partial charge on any atom is -0.438 e. The van der Waals surface area contributed by atoms with Crippen LogP contribution < -0.4 is 0 Å². The van der Waals surface area contributed by atoms with Crippen molar-refractivity contribution in [1.29, 1.82) is 0 Å². The molecule has 0 N–H and O–H groups in total. The molecule has 0 aromatic carbocycles. The fraction of sp³-hybridized carbons (Fsp3) is 0.636. The van der Waals surface area contributed by atoms with Gasteiger partial charge in [0.05, 0.1) is 7.11 Å². The highest BCUT2D eigenvalue weighted by Gasteiger charge is 2.40. The standard InChI is InChI=1S/C11H16O4/c1-10(2,3)11(4,7-6-8-12)15-9(13)14-5/h8H,1-5H3. The molecule has 0 spiro atoms. The second kappa shape index (κ2) is 4.83. The first-order chi connectivity index (χ1) is 6.77. The lowest BCUT2D eigenvalue weighted by Crippen LogP contribution is -2.43. The number of rotatable bonds is 1. The molecule has 0 aliphatic rings. The Balaban J connectivity index is 5.03. The van der Waals surface area contributed by atoms with E-state index in [4.69, 9.17) is 4.74 Å². The van der Waals surface area contributed by atoms with Crippen LogP contribution >= 0.6 is 0 Å². The molecular formula is C11H16O4. The van der Waals surface area contributed by atoms with E-state index in [9.17, 15) is 9.59 Å². The van der Waals surface area contributed by atoms with Gasteiger partial charge in [0.2, 0.25) is 0 Å². The Morgan fingerprint density at radius 2 is 1.80 bits per heavy atom. The minimum absolute atomic E-state index is 0.419. The van der Waals surface area contributed by atoms with E-state index < -0.39 is 17.2 Å². The van der Waals surface area contributed by atoms with Gasteiger partial charge in [-0.05, 0) is 18.8 Å². The number of hydrogen-bond donors (Lipinski definition) is 0. The van der Waals surface area contributed by atoms with Crippen LogP contribution in [-0.4, -0.2) is 25.2 Å². The maximum Gasteiger partial charge on any atom is 0.509 e. The van der Waals surface area contributed by atoms with E-state index in [0.717, 1.165) is 0 Å². The van der Waals surface area contributed by atoms with E-state index in [-0.39, 0.29) is 0 Å². The number of aldehydes is 1. The van der Waals surface area contributed by atoms with Crippen LogP contribution in [0.1, 0.15) is 27.7 Å². The lowest BCUT2D eigenvalue weighted by atomic mass is 9.78. The predicted octanol–water partition coefficient (Wildman–Crippen LogP) is 1.78. The quantitative estimate of drug-likeness (QED) is 0.377. The molecule has 0 aliphatic heterocycles. The van der Waals surface area contributed by atoms with Crippen molar-refractivity contribution < 1.29 is 19.1 Å². The van der Waals surface area contributed by atoms with Gasteiger partial charge in [0, 0.05) is 5.41 Å². The van der Waals surface area contributed by atoms with Crippen LogP contribution in [0.3, 0.4) is 0 Å². The third-order valence-corrected chi connectivity index (χ3v) is 2.25. The molecule has 0 heterocycles. The molecule has 0 bridgehead atoms. The molecule has 1 unspecified atom stereocenters.